The zero-order valence-electron chi connectivity index (χ0n) is 14.7. The third-order valence-corrected chi connectivity index (χ3v) is 4.56. The molecule has 0 aliphatic heterocycles. The zero-order valence-corrected chi connectivity index (χ0v) is 15.5. The summed E-state index contributed by atoms with van der Waals surface area (Å²) in [5, 5.41) is 12.8. The van der Waals surface area contributed by atoms with Crippen LogP contribution in [-0.4, -0.2) is 38.5 Å². The zero-order chi connectivity index (χ0) is 19.4. The van der Waals surface area contributed by atoms with Crippen molar-refractivity contribution in [2.45, 2.75) is 26.3 Å². The first-order valence-corrected chi connectivity index (χ1v) is 9.12. The number of carbonyl (C=O) groups is 2. The molecule has 0 saturated heterocycles. The summed E-state index contributed by atoms with van der Waals surface area (Å²) in [6.45, 7) is 3.57. The van der Waals surface area contributed by atoms with Gasteiger partial charge in [-0.2, -0.15) is 4.68 Å². The van der Waals surface area contributed by atoms with Crippen molar-refractivity contribution in [1.29, 1.82) is 0 Å². The van der Waals surface area contributed by atoms with Crippen LogP contribution in [-0.2, 0) is 20.7 Å². The molecule has 0 fully saturated rings. The lowest BCUT2D eigenvalue weighted by atomic mass is 10.2. The molecule has 0 spiro atoms. The first-order valence-electron chi connectivity index (χ1n) is 8.24. The Morgan fingerprint density at radius 3 is 2.89 bits per heavy atom. The summed E-state index contributed by atoms with van der Waals surface area (Å²) in [6, 6.07) is 5.91. The largest absolute Gasteiger partial charge is 0.466 e. The first kappa shape index (κ1) is 18.6. The Bertz CT molecular complexity index is 1040. The van der Waals surface area contributed by atoms with Crippen LogP contribution in [0.1, 0.15) is 25.6 Å². The number of rotatable bonds is 6. The van der Waals surface area contributed by atoms with Gasteiger partial charge in [0.15, 0.2) is 5.13 Å². The van der Waals surface area contributed by atoms with Crippen LogP contribution in [0.4, 0.5) is 5.13 Å². The molecule has 0 bridgehead atoms. The third kappa shape index (κ3) is 4.17. The molecule has 0 aliphatic rings. The number of nitrogens with one attached hydrogen (secondary N) is 1. The SMILES string of the molecule is CCOC(=O)Cc1csc(NC(=O)[C@@H](C)n2nnc3ccccc3c2=O)n1. The van der Waals surface area contributed by atoms with Gasteiger partial charge in [0.05, 0.1) is 24.1 Å². The van der Waals surface area contributed by atoms with Gasteiger partial charge in [0.25, 0.3) is 11.5 Å². The number of anilines is 1. The van der Waals surface area contributed by atoms with Crippen molar-refractivity contribution in [3.63, 3.8) is 0 Å². The molecule has 0 saturated carbocycles. The van der Waals surface area contributed by atoms with E-state index in [2.05, 4.69) is 20.6 Å². The highest BCUT2D eigenvalue weighted by Gasteiger charge is 2.20. The van der Waals surface area contributed by atoms with E-state index in [0.717, 1.165) is 4.68 Å². The lowest BCUT2D eigenvalue weighted by Crippen LogP contribution is -2.34. The number of nitrogens with zero attached hydrogens (tertiary/aromatic N) is 4. The van der Waals surface area contributed by atoms with Gasteiger partial charge in [-0.15, -0.1) is 16.4 Å². The summed E-state index contributed by atoms with van der Waals surface area (Å²) in [5.41, 5.74) is 0.573. The van der Waals surface area contributed by atoms with E-state index in [4.69, 9.17) is 4.74 Å². The maximum atomic E-state index is 12.5. The number of aromatic nitrogens is 4. The van der Waals surface area contributed by atoms with Crippen LogP contribution in [0.25, 0.3) is 10.9 Å². The molecule has 3 aromatic rings. The second-order valence-electron chi connectivity index (χ2n) is 5.65. The number of carbonyl (C=O) groups excluding carboxylic acids is 2. The molecule has 27 heavy (non-hydrogen) atoms. The molecule has 0 radical (unpaired) electrons. The average Bonchev–Trinajstić information content (AvgIpc) is 3.08. The number of hydrogen-bond donors (Lipinski definition) is 1. The molecule has 1 amide bonds. The number of fused-ring (bicyclic) bond motifs is 1. The van der Waals surface area contributed by atoms with Crippen LogP contribution in [0.15, 0.2) is 34.4 Å². The van der Waals surface area contributed by atoms with Crippen LogP contribution in [0.5, 0.6) is 0 Å². The summed E-state index contributed by atoms with van der Waals surface area (Å²) in [6.07, 6.45) is 0.0331. The molecule has 1 N–H and O–H groups in total. The van der Waals surface area contributed by atoms with Crippen molar-refractivity contribution in [2.75, 3.05) is 11.9 Å². The van der Waals surface area contributed by atoms with Gasteiger partial charge in [-0.3, -0.25) is 14.4 Å². The number of ether oxygens (including phenoxy) is 1. The quantitative estimate of drug-likeness (QED) is 0.638. The molecule has 1 aromatic carbocycles. The monoisotopic (exact) mass is 387 g/mol. The number of esters is 1. The Kier molecular flexibility index (Phi) is 5.55. The van der Waals surface area contributed by atoms with Crippen LogP contribution in [0, 0.1) is 0 Å². The summed E-state index contributed by atoms with van der Waals surface area (Å²) >= 11 is 1.18. The lowest BCUT2D eigenvalue weighted by Gasteiger charge is -2.12. The van der Waals surface area contributed by atoms with Crippen LogP contribution < -0.4 is 10.9 Å². The molecule has 2 heterocycles. The van der Waals surface area contributed by atoms with E-state index in [1.165, 1.54) is 11.3 Å². The Balaban J connectivity index is 1.73. The van der Waals surface area contributed by atoms with Crippen molar-refractivity contribution in [1.82, 2.24) is 20.0 Å². The van der Waals surface area contributed by atoms with Crippen LogP contribution >= 0.6 is 11.3 Å². The minimum absolute atomic E-state index is 0.0331. The molecule has 140 valence electrons. The highest BCUT2D eigenvalue weighted by molar-refractivity contribution is 7.13. The Hall–Kier alpha value is -3.14. The molecular weight excluding hydrogens is 370 g/mol. The van der Waals surface area contributed by atoms with Gasteiger partial charge in [-0.25, -0.2) is 4.98 Å². The van der Waals surface area contributed by atoms with E-state index in [9.17, 15) is 14.4 Å². The van der Waals surface area contributed by atoms with E-state index in [1.807, 2.05) is 0 Å². The minimum Gasteiger partial charge on any atom is -0.466 e. The second kappa shape index (κ2) is 8.04. The number of thiazole rings is 1. The van der Waals surface area contributed by atoms with Gasteiger partial charge in [-0.1, -0.05) is 17.3 Å². The number of benzene rings is 1. The molecule has 3 rings (SSSR count). The summed E-state index contributed by atoms with van der Waals surface area (Å²) in [5.74, 6) is -0.842. The van der Waals surface area contributed by atoms with Gasteiger partial charge < -0.3 is 10.1 Å². The molecule has 2 aromatic heterocycles. The first-order chi connectivity index (χ1) is 13.0. The predicted octanol–water partition coefficient (Wildman–Crippen LogP) is 1.55. The third-order valence-electron chi connectivity index (χ3n) is 3.75. The fourth-order valence-corrected chi connectivity index (χ4v) is 3.09. The summed E-state index contributed by atoms with van der Waals surface area (Å²) in [7, 11) is 0. The molecule has 9 nitrogen and oxygen atoms in total. The van der Waals surface area contributed by atoms with E-state index in [1.54, 1.807) is 43.5 Å². The molecule has 0 unspecified atom stereocenters. The van der Waals surface area contributed by atoms with Gasteiger partial charge in [0, 0.05) is 5.38 Å². The molecule has 1 atom stereocenters. The Morgan fingerprint density at radius 1 is 1.33 bits per heavy atom. The topological polar surface area (TPSA) is 116 Å². The van der Waals surface area contributed by atoms with E-state index < -0.39 is 17.5 Å². The van der Waals surface area contributed by atoms with Gasteiger partial charge in [0.1, 0.15) is 11.6 Å². The van der Waals surface area contributed by atoms with Crippen LogP contribution in [0.2, 0.25) is 0 Å². The minimum atomic E-state index is -0.882. The predicted molar refractivity (Wildman–Crippen MR) is 99.6 cm³/mol. The van der Waals surface area contributed by atoms with Gasteiger partial charge >= 0.3 is 5.97 Å². The van der Waals surface area contributed by atoms with E-state index in [-0.39, 0.29) is 12.4 Å². The van der Waals surface area contributed by atoms with Gasteiger partial charge in [0.2, 0.25) is 0 Å². The van der Waals surface area contributed by atoms with Crippen molar-refractivity contribution in [3.8, 4) is 0 Å². The summed E-state index contributed by atoms with van der Waals surface area (Å²) in [4.78, 5) is 40.7. The second-order valence-corrected chi connectivity index (χ2v) is 6.51. The van der Waals surface area contributed by atoms with Crippen molar-refractivity contribution in [2.24, 2.45) is 0 Å². The van der Waals surface area contributed by atoms with Crippen LogP contribution in [0.3, 0.4) is 0 Å². The standard InChI is InChI=1S/C17H17N5O4S/c1-3-26-14(23)8-11-9-27-17(18-11)19-15(24)10(2)22-16(25)12-6-4-5-7-13(12)20-21-22/h4-7,9-10H,3,8H2,1-2H3,(H,18,19,24)/t10-/m1/s1. The number of amides is 1. The maximum Gasteiger partial charge on any atom is 0.311 e. The summed E-state index contributed by atoms with van der Waals surface area (Å²) < 4.78 is 5.90. The fourth-order valence-electron chi connectivity index (χ4n) is 2.38. The van der Waals surface area contributed by atoms with E-state index in [0.29, 0.717) is 28.3 Å². The van der Waals surface area contributed by atoms with Crippen molar-refractivity contribution >= 4 is 39.2 Å². The molecular formula is C17H17N5O4S. The Labute approximate surface area is 158 Å². The lowest BCUT2D eigenvalue weighted by molar-refractivity contribution is -0.142. The highest BCUT2D eigenvalue weighted by Crippen LogP contribution is 2.18. The number of hydrogen-bond acceptors (Lipinski definition) is 8. The smallest absolute Gasteiger partial charge is 0.311 e. The average molecular weight is 387 g/mol. The Morgan fingerprint density at radius 2 is 2.11 bits per heavy atom. The fraction of sp³-hybridized carbons (Fsp3) is 0.294. The molecule has 10 heteroatoms. The highest BCUT2D eigenvalue weighted by atomic mass is 32.1. The molecule has 0 aliphatic carbocycles. The van der Waals surface area contributed by atoms with Crippen molar-refractivity contribution in [3.05, 3.63) is 45.7 Å². The maximum absolute atomic E-state index is 12.5. The van der Waals surface area contributed by atoms with Gasteiger partial charge in [-0.05, 0) is 26.0 Å². The van der Waals surface area contributed by atoms with Crippen molar-refractivity contribution < 1.29 is 14.3 Å². The normalized spacial score (nSPS) is 11.9. The van der Waals surface area contributed by atoms with E-state index >= 15 is 0 Å².